The van der Waals surface area contributed by atoms with Crippen molar-refractivity contribution in [3.63, 3.8) is 0 Å². The lowest BCUT2D eigenvalue weighted by Crippen LogP contribution is -2.16. The van der Waals surface area contributed by atoms with E-state index in [1.165, 1.54) is 0 Å². The number of hydrogen-bond acceptors (Lipinski definition) is 4. The molecule has 0 saturated heterocycles. The van der Waals surface area contributed by atoms with Crippen LogP contribution in [-0.2, 0) is 6.42 Å². The molecule has 0 unspecified atom stereocenters. The molecule has 1 aliphatic carbocycles. The van der Waals surface area contributed by atoms with Crippen LogP contribution in [0.1, 0.15) is 29.1 Å². The predicted octanol–water partition coefficient (Wildman–Crippen LogP) is 3.91. The van der Waals surface area contributed by atoms with E-state index in [2.05, 4.69) is 9.97 Å². The quantitative estimate of drug-likeness (QED) is 0.839. The Bertz CT molecular complexity index is 798. The Balaban J connectivity index is 2.07. The molecule has 10 heteroatoms. The molecule has 0 radical (unpaired) electrons. The highest BCUT2D eigenvalue weighted by Gasteiger charge is 2.46. The number of rotatable bonds is 3. The second-order valence-electron chi connectivity index (χ2n) is 5.42. The maximum Gasteiger partial charge on any atom is 0.394 e. The average Bonchev–Trinajstić information content (AvgIpc) is 2.74. The number of aliphatic hydroxyl groups excluding tert-OH is 1. The van der Waals surface area contributed by atoms with Gasteiger partial charge in [-0.1, -0.05) is 0 Å². The Hall–Kier alpha value is -2.36. The van der Waals surface area contributed by atoms with Crippen molar-refractivity contribution >= 4 is 0 Å². The molecule has 0 saturated carbocycles. The molecule has 0 amide bonds. The van der Waals surface area contributed by atoms with E-state index in [4.69, 9.17) is 4.74 Å². The fourth-order valence-electron chi connectivity index (χ4n) is 2.64. The lowest BCUT2D eigenvalue weighted by molar-refractivity contribution is -0.128. The Morgan fingerprint density at radius 3 is 2.48 bits per heavy atom. The molecule has 0 fully saturated rings. The SMILES string of the molecule is O[C@H]1c2c(CC(F)(F)F)ncc(Oc3cncc(F)c3)c2[C@@H](F)[C@H]1F. The first-order chi connectivity index (χ1) is 11.7. The van der Waals surface area contributed by atoms with E-state index in [1.54, 1.807) is 0 Å². The normalized spacial score (nSPS) is 22.8. The van der Waals surface area contributed by atoms with Crippen LogP contribution in [0.4, 0.5) is 26.3 Å². The van der Waals surface area contributed by atoms with Gasteiger partial charge in [0.15, 0.2) is 18.1 Å². The third-order valence-corrected chi connectivity index (χ3v) is 3.63. The molecule has 0 aliphatic heterocycles. The van der Waals surface area contributed by atoms with Crippen molar-refractivity contribution in [2.24, 2.45) is 0 Å². The van der Waals surface area contributed by atoms with Gasteiger partial charge in [0.1, 0.15) is 17.7 Å². The van der Waals surface area contributed by atoms with Crippen molar-refractivity contribution in [1.29, 1.82) is 0 Å². The minimum Gasteiger partial charge on any atom is -0.454 e. The maximum atomic E-state index is 14.2. The van der Waals surface area contributed by atoms with E-state index in [-0.39, 0.29) is 5.75 Å². The Morgan fingerprint density at radius 2 is 1.84 bits per heavy atom. The highest BCUT2D eigenvalue weighted by atomic mass is 19.4. The Morgan fingerprint density at radius 1 is 1.12 bits per heavy atom. The van der Waals surface area contributed by atoms with Gasteiger partial charge >= 0.3 is 6.18 Å². The molecular weight excluding hydrogens is 354 g/mol. The number of nitrogens with zero attached hydrogens (tertiary/aromatic N) is 2. The highest BCUT2D eigenvalue weighted by molar-refractivity contribution is 5.50. The molecule has 134 valence electrons. The molecule has 1 aliphatic rings. The standard InChI is InChI=1S/C15H10F6N2O2/c16-6-1-7(4-22-3-6)25-9-5-23-8(2-15(19,20)21)10-11(9)12(17)13(18)14(10)24/h1,3-5,12-14,24H,2H2/t12-,13-,14+/m1/s1. The third kappa shape index (κ3) is 3.39. The Kier molecular flexibility index (Phi) is 4.31. The topological polar surface area (TPSA) is 55.2 Å². The molecule has 2 heterocycles. The molecule has 0 bridgehead atoms. The predicted molar refractivity (Wildman–Crippen MR) is 72.0 cm³/mol. The van der Waals surface area contributed by atoms with Crippen molar-refractivity contribution in [2.45, 2.75) is 31.0 Å². The Labute approximate surface area is 137 Å². The van der Waals surface area contributed by atoms with E-state index < -0.39 is 59.4 Å². The minimum atomic E-state index is -4.68. The number of ether oxygens (including phenoxy) is 1. The van der Waals surface area contributed by atoms with Gasteiger partial charge in [-0.25, -0.2) is 13.2 Å². The number of aromatic nitrogens is 2. The van der Waals surface area contributed by atoms with Gasteiger partial charge in [0.05, 0.1) is 30.7 Å². The van der Waals surface area contributed by atoms with Gasteiger partial charge < -0.3 is 9.84 Å². The molecule has 2 aromatic rings. The first-order valence-corrected chi connectivity index (χ1v) is 7.00. The van der Waals surface area contributed by atoms with Crippen molar-refractivity contribution in [3.8, 4) is 11.5 Å². The maximum absolute atomic E-state index is 14.2. The summed E-state index contributed by atoms with van der Waals surface area (Å²) in [5, 5.41) is 9.78. The molecule has 2 aromatic heterocycles. The molecular formula is C15H10F6N2O2. The van der Waals surface area contributed by atoms with Crippen molar-refractivity contribution in [2.75, 3.05) is 0 Å². The zero-order chi connectivity index (χ0) is 18.4. The minimum absolute atomic E-state index is 0.184. The zero-order valence-electron chi connectivity index (χ0n) is 12.3. The smallest absolute Gasteiger partial charge is 0.394 e. The highest BCUT2D eigenvalue weighted by Crippen LogP contribution is 2.49. The summed E-state index contributed by atoms with van der Waals surface area (Å²) in [7, 11) is 0. The summed E-state index contributed by atoms with van der Waals surface area (Å²) in [4.78, 5) is 7.02. The van der Waals surface area contributed by atoms with Crippen LogP contribution in [0, 0.1) is 5.82 Å². The van der Waals surface area contributed by atoms with E-state index in [0.29, 0.717) is 0 Å². The molecule has 25 heavy (non-hydrogen) atoms. The summed E-state index contributed by atoms with van der Waals surface area (Å²) in [6.07, 6.45) is -10.5. The van der Waals surface area contributed by atoms with Crippen LogP contribution in [0.2, 0.25) is 0 Å². The summed E-state index contributed by atoms with van der Waals surface area (Å²) < 4.78 is 84.3. The van der Waals surface area contributed by atoms with Gasteiger partial charge in [0.2, 0.25) is 0 Å². The fourth-order valence-corrected chi connectivity index (χ4v) is 2.64. The fraction of sp³-hybridized carbons (Fsp3) is 0.333. The summed E-state index contributed by atoms with van der Waals surface area (Å²) in [5.41, 5.74) is -1.86. The monoisotopic (exact) mass is 364 g/mol. The first kappa shape index (κ1) is 17.5. The van der Waals surface area contributed by atoms with Crippen LogP contribution in [0.25, 0.3) is 0 Å². The van der Waals surface area contributed by atoms with E-state index in [9.17, 15) is 31.4 Å². The van der Waals surface area contributed by atoms with Crippen molar-refractivity contribution in [1.82, 2.24) is 9.97 Å². The summed E-state index contributed by atoms with van der Waals surface area (Å²) in [6, 6.07) is 0.897. The van der Waals surface area contributed by atoms with Crippen LogP contribution in [-0.4, -0.2) is 27.4 Å². The van der Waals surface area contributed by atoms with Gasteiger partial charge in [0, 0.05) is 17.2 Å². The van der Waals surface area contributed by atoms with Crippen molar-refractivity contribution < 1.29 is 36.2 Å². The van der Waals surface area contributed by atoms with Crippen LogP contribution in [0.15, 0.2) is 24.7 Å². The van der Waals surface area contributed by atoms with Crippen molar-refractivity contribution in [3.05, 3.63) is 47.3 Å². The largest absolute Gasteiger partial charge is 0.454 e. The van der Waals surface area contributed by atoms with Crippen LogP contribution >= 0.6 is 0 Å². The van der Waals surface area contributed by atoms with Gasteiger partial charge in [-0.05, 0) is 0 Å². The number of fused-ring (bicyclic) bond motifs is 1. The van der Waals surface area contributed by atoms with Gasteiger partial charge in [-0.15, -0.1) is 0 Å². The lowest BCUT2D eigenvalue weighted by atomic mass is 10.0. The molecule has 3 atom stereocenters. The van der Waals surface area contributed by atoms with E-state index in [1.807, 2.05) is 0 Å². The number of aliphatic hydroxyl groups is 1. The second-order valence-corrected chi connectivity index (χ2v) is 5.42. The summed E-state index contributed by atoms with van der Waals surface area (Å²) >= 11 is 0. The van der Waals surface area contributed by atoms with E-state index >= 15 is 0 Å². The van der Waals surface area contributed by atoms with Gasteiger partial charge in [-0.3, -0.25) is 9.97 Å². The number of halogens is 6. The van der Waals surface area contributed by atoms with E-state index in [0.717, 1.165) is 24.7 Å². The summed E-state index contributed by atoms with van der Waals surface area (Å²) in [6.45, 7) is 0. The zero-order valence-corrected chi connectivity index (χ0v) is 12.3. The van der Waals surface area contributed by atoms with Gasteiger partial charge in [0.25, 0.3) is 0 Å². The molecule has 4 nitrogen and oxygen atoms in total. The van der Waals surface area contributed by atoms with Crippen LogP contribution < -0.4 is 4.74 Å². The van der Waals surface area contributed by atoms with Gasteiger partial charge in [-0.2, -0.15) is 13.2 Å². The lowest BCUT2D eigenvalue weighted by Gasteiger charge is -2.15. The first-order valence-electron chi connectivity index (χ1n) is 7.00. The number of hydrogen-bond donors (Lipinski definition) is 1. The molecule has 1 N–H and O–H groups in total. The van der Waals surface area contributed by atoms with Crippen LogP contribution in [0.5, 0.6) is 11.5 Å². The average molecular weight is 364 g/mol. The molecule has 0 spiro atoms. The summed E-state index contributed by atoms with van der Waals surface area (Å²) in [5.74, 6) is -1.37. The molecule has 0 aromatic carbocycles. The number of pyridine rings is 2. The molecule has 3 rings (SSSR count). The number of alkyl halides is 5. The second kappa shape index (κ2) is 6.17. The third-order valence-electron chi connectivity index (χ3n) is 3.63. The van der Waals surface area contributed by atoms with Crippen LogP contribution in [0.3, 0.4) is 0 Å².